The van der Waals surface area contributed by atoms with Crippen LogP contribution in [0.3, 0.4) is 0 Å². The highest BCUT2D eigenvalue weighted by Gasteiger charge is 1.96. The van der Waals surface area contributed by atoms with Gasteiger partial charge in [-0.25, -0.2) is 0 Å². The van der Waals surface area contributed by atoms with Crippen LogP contribution in [-0.4, -0.2) is 4.62 Å². The lowest BCUT2D eigenvalue weighted by Gasteiger charge is -2.02. The molecular formula is C14H13BrN2. The lowest BCUT2D eigenvalue weighted by molar-refractivity contribution is 1.28. The van der Waals surface area contributed by atoms with E-state index in [1.165, 1.54) is 5.56 Å². The van der Waals surface area contributed by atoms with Crippen LogP contribution in [0.5, 0.6) is 0 Å². The SMILES string of the molecule is Br/C(Cc1ccccc1)=N\Nc1ccccc1. The van der Waals surface area contributed by atoms with E-state index in [1.807, 2.05) is 48.5 Å². The van der Waals surface area contributed by atoms with Crippen LogP contribution in [0.2, 0.25) is 0 Å². The molecule has 0 amide bonds. The molecule has 2 nitrogen and oxygen atoms in total. The Morgan fingerprint density at radius 1 is 0.941 bits per heavy atom. The molecule has 0 bridgehead atoms. The second-order valence-electron chi connectivity index (χ2n) is 3.63. The van der Waals surface area contributed by atoms with Crippen LogP contribution < -0.4 is 5.43 Å². The highest BCUT2D eigenvalue weighted by molar-refractivity contribution is 9.18. The number of nitrogens with one attached hydrogen (secondary N) is 1. The summed E-state index contributed by atoms with van der Waals surface area (Å²) in [6.45, 7) is 0. The zero-order valence-electron chi connectivity index (χ0n) is 9.31. The molecule has 3 heteroatoms. The number of nitrogens with zero attached hydrogens (tertiary/aromatic N) is 1. The van der Waals surface area contributed by atoms with Gasteiger partial charge in [-0.2, -0.15) is 5.10 Å². The third-order valence-corrected chi connectivity index (χ3v) is 2.73. The molecule has 0 saturated heterocycles. The van der Waals surface area contributed by atoms with Crippen molar-refractivity contribution in [1.82, 2.24) is 0 Å². The molecule has 0 saturated carbocycles. The van der Waals surface area contributed by atoms with E-state index in [0.29, 0.717) is 0 Å². The van der Waals surface area contributed by atoms with Crippen molar-refractivity contribution in [3.05, 3.63) is 66.2 Å². The largest absolute Gasteiger partial charge is 0.278 e. The molecule has 0 spiro atoms. The van der Waals surface area contributed by atoms with Gasteiger partial charge in [0.15, 0.2) is 0 Å². The molecule has 0 aliphatic heterocycles. The van der Waals surface area contributed by atoms with E-state index in [4.69, 9.17) is 0 Å². The van der Waals surface area contributed by atoms with Crippen molar-refractivity contribution in [3.63, 3.8) is 0 Å². The monoisotopic (exact) mass is 288 g/mol. The third-order valence-electron chi connectivity index (χ3n) is 2.27. The van der Waals surface area contributed by atoms with Crippen LogP contribution in [0.4, 0.5) is 5.69 Å². The van der Waals surface area contributed by atoms with Crippen molar-refractivity contribution in [1.29, 1.82) is 0 Å². The number of anilines is 1. The first-order valence-electron chi connectivity index (χ1n) is 5.41. The molecule has 2 rings (SSSR count). The molecule has 0 unspecified atom stereocenters. The molecule has 0 aromatic heterocycles. The molecule has 17 heavy (non-hydrogen) atoms. The highest BCUT2D eigenvalue weighted by atomic mass is 79.9. The van der Waals surface area contributed by atoms with E-state index in [9.17, 15) is 0 Å². The lowest BCUT2D eigenvalue weighted by atomic mass is 10.2. The maximum absolute atomic E-state index is 4.27. The quantitative estimate of drug-likeness (QED) is 0.666. The Morgan fingerprint density at radius 3 is 2.18 bits per heavy atom. The fourth-order valence-corrected chi connectivity index (χ4v) is 1.85. The first kappa shape index (κ1) is 11.9. The standard InChI is InChI=1S/C14H13BrN2/c15-14(11-12-7-3-1-4-8-12)17-16-13-9-5-2-6-10-13/h1-10,16H,11H2/b17-14-. The minimum atomic E-state index is 0.792. The van der Waals surface area contributed by atoms with Gasteiger partial charge in [-0.15, -0.1) is 0 Å². The van der Waals surface area contributed by atoms with Gasteiger partial charge < -0.3 is 0 Å². The summed E-state index contributed by atoms with van der Waals surface area (Å²) in [7, 11) is 0. The van der Waals surface area contributed by atoms with E-state index in [0.717, 1.165) is 16.7 Å². The van der Waals surface area contributed by atoms with Gasteiger partial charge in [-0.3, -0.25) is 5.43 Å². The van der Waals surface area contributed by atoms with Crippen molar-refractivity contribution < 1.29 is 0 Å². The Kier molecular flexibility index (Phi) is 4.33. The molecule has 0 heterocycles. The number of benzene rings is 2. The summed E-state index contributed by atoms with van der Waals surface area (Å²) in [6.07, 6.45) is 0.792. The second-order valence-corrected chi connectivity index (χ2v) is 4.54. The van der Waals surface area contributed by atoms with E-state index in [1.54, 1.807) is 0 Å². The van der Waals surface area contributed by atoms with E-state index in [2.05, 4.69) is 38.6 Å². The van der Waals surface area contributed by atoms with Crippen molar-refractivity contribution >= 4 is 26.2 Å². The van der Waals surface area contributed by atoms with Crippen molar-refractivity contribution in [2.75, 3.05) is 5.43 Å². The van der Waals surface area contributed by atoms with Crippen molar-refractivity contribution in [3.8, 4) is 0 Å². The summed E-state index contributed by atoms with van der Waals surface area (Å²) in [5.41, 5.74) is 5.22. The van der Waals surface area contributed by atoms with Gasteiger partial charge in [-0.05, 0) is 33.6 Å². The Balaban J connectivity index is 1.94. The average Bonchev–Trinajstić information content (AvgIpc) is 2.39. The van der Waals surface area contributed by atoms with Gasteiger partial charge in [0.05, 0.1) is 5.69 Å². The van der Waals surface area contributed by atoms with Crippen LogP contribution in [0, 0.1) is 0 Å². The maximum Gasteiger partial charge on any atom is 0.108 e. The minimum Gasteiger partial charge on any atom is -0.278 e. The first-order valence-corrected chi connectivity index (χ1v) is 6.21. The van der Waals surface area contributed by atoms with Crippen LogP contribution in [0.15, 0.2) is 65.8 Å². The number of hydrazone groups is 1. The summed E-state index contributed by atoms with van der Waals surface area (Å²) >= 11 is 3.46. The van der Waals surface area contributed by atoms with Gasteiger partial charge in [0.1, 0.15) is 4.62 Å². The fraction of sp³-hybridized carbons (Fsp3) is 0.0714. The third kappa shape index (κ3) is 4.04. The molecule has 86 valence electrons. The van der Waals surface area contributed by atoms with Crippen molar-refractivity contribution in [2.45, 2.75) is 6.42 Å². The molecular weight excluding hydrogens is 276 g/mol. The number of rotatable bonds is 4. The summed E-state index contributed by atoms with van der Waals surface area (Å²) in [6, 6.07) is 20.1. The predicted molar refractivity (Wildman–Crippen MR) is 76.6 cm³/mol. The van der Waals surface area contributed by atoms with Crippen LogP contribution in [0.25, 0.3) is 0 Å². The molecule has 0 aliphatic carbocycles. The second kappa shape index (κ2) is 6.21. The van der Waals surface area contributed by atoms with E-state index in [-0.39, 0.29) is 0 Å². The Morgan fingerprint density at radius 2 is 1.53 bits per heavy atom. The molecule has 1 N–H and O–H groups in total. The molecule has 2 aromatic rings. The summed E-state index contributed by atoms with van der Waals surface area (Å²) < 4.78 is 0.882. The molecule has 0 fully saturated rings. The number of halogens is 1. The Hall–Kier alpha value is -1.61. The Labute approximate surface area is 110 Å². The lowest BCUT2D eigenvalue weighted by Crippen LogP contribution is -1.98. The average molecular weight is 289 g/mol. The maximum atomic E-state index is 4.27. The normalized spacial score (nSPS) is 11.2. The van der Waals surface area contributed by atoms with Crippen LogP contribution in [-0.2, 0) is 6.42 Å². The van der Waals surface area contributed by atoms with E-state index < -0.39 is 0 Å². The van der Waals surface area contributed by atoms with Crippen LogP contribution >= 0.6 is 15.9 Å². The number of para-hydroxylation sites is 1. The van der Waals surface area contributed by atoms with Gasteiger partial charge in [0.25, 0.3) is 0 Å². The number of hydrogen-bond acceptors (Lipinski definition) is 2. The molecule has 0 atom stereocenters. The number of hydrogen-bond donors (Lipinski definition) is 1. The van der Waals surface area contributed by atoms with E-state index >= 15 is 0 Å². The predicted octanol–water partition coefficient (Wildman–Crippen LogP) is 4.05. The topological polar surface area (TPSA) is 24.4 Å². The smallest absolute Gasteiger partial charge is 0.108 e. The van der Waals surface area contributed by atoms with Gasteiger partial charge in [-0.1, -0.05) is 48.5 Å². The summed E-state index contributed by atoms with van der Waals surface area (Å²) in [4.78, 5) is 0. The fourth-order valence-electron chi connectivity index (χ4n) is 1.44. The first-order chi connectivity index (χ1) is 8.34. The van der Waals surface area contributed by atoms with Crippen molar-refractivity contribution in [2.24, 2.45) is 5.10 Å². The minimum absolute atomic E-state index is 0.792. The summed E-state index contributed by atoms with van der Waals surface area (Å²) in [5, 5.41) is 4.27. The molecule has 2 aromatic carbocycles. The molecule has 0 radical (unpaired) electrons. The van der Waals surface area contributed by atoms with Crippen LogP contribution in [0.1, 0.15) is 5.56 Å². The van der Waals surface area contributed by atoms with Gasteiger partial charge in [0, 0.05) is 6.42 Å². The highest BCUT2D eigenvalue weighted by Crippen LogP contribution is 2.08. The van der Waals surface area contributed by atoms with Gasteiger partial charge >= 0.3 is 0 Å². The zero-order chi connectivity index (χ0) is 11.9. The summed E-state index contributed by atoms with van der Waals surface area (Å²) in [5.74, 6) is 0. The Bertz CT molecular complexity index is 480. The zero-order valence-corrected chi connectivity index (χ0v) is 10.9. The molecule has 0 aliphatic rings. The van der Waals surface area contributed by atoms with Gasteiger partial charge in [0.2, 0.25) is 0 Å².